The lowest BCUT2D eigenvalue weighted by Crippen LogP contribution is -2.31. The van der Waals surface area contributed by atoms with E-state index >= 15 is 0 Å². The van der Waals surface area contributed by atoms with Crippen LogP contribution in [0.15, 0.2) is 42.5 Å². The number of halogens is 2. The maximum absolute atomic E-state index is 13.8. The topological polar surface area (TPSA) is 32.3 Å². The van der Waals surface area contributed by atoms with Gasteiger partial charge in [0.2, 0.25) is 0 Å². The van der Waals surface area contributed by atoms with E-state index in [0.717, 1.165) is 25.5 Å². The predicted molar refractivity (Wildman–Crippen MR) is 104 cm³/mol. The van der Waals surface area contributed by atoms with E-state index in [1.165, 1.54) is 44.5 Å². The van der Waals surface area contributed by atoms with Crippen LogP contribution in [-0.2, 0) is 0 Å². The van der Waals surface area contributed by atoms with Crippen LogP contribution in [0.5, 0.6) is 0 Å². The van der Waals surface area contributed by atoms with Gasteiger partial charge in [-0.2, -0.15) is 0 Å². The smallest absolute Gasteiger partial charge is 0.251 e. The van der Waals surface area contributed by atoms with Crippen LogP contribution in [0.1, 0.15) is 42.5 Å². The van der Waals surface area contributed by atoms with Gasteiger partial charge in [0, 0.05) is 23.7 Å². The van der Waals surface area contributed by atoms with Crippen molar-refractivity contribution in [1.29, 1.82) is 0 Å². The lowest BCUT2D eigenvalue weighted by Gasteiger charge is -2.26. The standard InChI is InChI=1S/C22H26F2N2O/c23-19-10-11-20(21(24)16-19)17-6-8-18(9-7-17)22(27)25-12-2-5-15-26-13-3-1-4-14-26/h6-11,16H,1-5,12-15H2,(H,25,27). The molecule has 0 unspecified atom stereocenters. The number of nitrogens with zero attached hydrogens (tertiary/aromatic N) is 1. The van der Waals surface area contributed by atoms with Crippen molar-refractivity contribution in [3.05, 3.63) is 59.7 Å². The van der Waals surface area contributed by atoms with E-state index in [2.05, 4.69) is 10.2 Å². The van der Waals surface area contributed by atoms with Gasteiger partial charge in [-0.3, -0.25) is 4.79 Å². The summed E-state index contributed by atoms with van der Waals surface area (Å²) in [4.78, 5) is 14.7. The number of rotatable bonds is 7. The maximum atomic E-state index is 13.8. The molecule has 0 atom stereocenters. The summed E-state index contributed by atoms with van der Waals surface area (Å²) in [5, 5.41) is 2.93. The molecule has 3 rings (SSSR count). The number of carbonyl (C=O) groups is 1. The van der Waals surface area contributed by atoms with Gasteiger partial charge in [-0.1, -0.05) is 18.6 Å². The highest BCUT2D eigenvalue weighted by Gasteiger charge is 2.10. The first kappa shape index (κ1) is 19.5. The average molecular weight is 372 g/mol. The third kappa shape index (κ3) is 5.60. The van der Waals surface area contributed by atoms with Crippen LogP contribution in [0.4, 0.5) is 8.78 Å². The van der Waals surface area contributed by atoms with Gasteiger partial charge in [-0.25, -0.2) is 8.78 Å². The minimum Gasteiger partial charge on any atom is -0.352 e. The highest BCUT2D eigenvalue weighted by Crippen LogP contribution is 2.23. The molecule has 3 nitrogen and oxygen atoms in total. The van der Waals surface area contributed by atoms with Crippen LogP contribution in [0, 0.1) is 11.6 Å². The van der Waals surface area contributed by atoms with Crippen LogP contribution >= 0.6 is 0 Å². The molecule has 1 fully saturated rings. The summed E-state index contributed by atoms with van der Waals surface area (Å²) in [5.74, 6) is -1.34. The molecule has 1 heterocycles. The number of likely N-dealkylation sites (tertiary alicyclic amines) is 1. The fourth-order valence-electron chi connectivity index (χ4n) is 3.47. The molecular weight excluding hydrogens is 346 g/mol. The molecule has 0 spiro atoms. The predicted octanol–water partition coefficient (Wildman–Crippen LogP) is 4.63. The molecule has 1 amide bonds. The van der Waals surface area contributed by atoms with Crippen LogP contribution in [-0.4, -0.2) is 37.0 Å². The fourth-order valence-corrected chi connectivity index (χ4v) is 3.47. The van der Waals surface area contributed by atoms with Crippen molar-refractivity contribution >= 4 is 5.91 Å². The Balaban J connectivity index is 1.44. The van der Waals surface area contributed by atoms with Crippen LogP contribution in [0.2, 0.25) is 0 Å². The molecule has 144 valence electrons. The average Bonchev–Trinajstić information content (AvgIpc) is 2.68. The molecule has 0 saturated carbocycles. The molecule has 0 bridgehead atoms. The van der Waals surface area contributed by atoms with Gasteiger partial charge in [0.15, 0.2) is 0 Å². The molecule has 1 aliphatic heterocycles. The van der Waals surface area contributed by atoms with E-state index in [1.54, 1.807) is 24.3 Å². The minimum atomic E-state index is -0.610. The van der Waals surface area contributed by atoms with Gasteiger partial charge >= 0.3 is 0 Å². The summed E-state index contributed by atoms with van der Waals surface area (Å²) in [5.41, 5.74) is 1.48. The van der Waals surface area contributed by atoms with Gasteiger partial charge < -0.3 is 10.2 Å². The number of carbonyl (C=O) groups excluding carboxylic acids is 1. The molecule has 5 heteroatoms. The van der Waals surface area contributed by atoms with Gasteiger partial charge in [0.25, 0.3) is 5.91 Å². The van der Waals surface area contributed by atoms with Crippen LogP contribution < -0.4 is 5.32 Å². The number of piperidine rings is 1. The molecule has 0 radical (unpaired) electrons. The Labute approximate surface area is 159 Å². The van der Waals surface area contributed by atoms with E-state index in [0.29, 0.717) is 23.2 Å². The second-order valence-electron chi connectivity index (χ2n) is 7.07. The molecule has 27 heavy (non-hydrogen) atoms. The molecule has 2 aromatic rings. The Bertz CT molecular complexity index is 755. The maximum Gasteiger partial charge on any atom is 0.251 e. The monoisotopic (exact) mass is 372 g/mol. The summed E-state index contributed by atoms with van der Waals surface area (Å²) in [6, 6.07) is 10.2. The fraction of sp³-hybridized carbons (Fsp3) is 0.409. The van der Waals surface area contributed by atoms with Crippen LogP contribution in [0.25, 0.3) is 11.1 Å². The van der Waals surface area contributed by atoms with E-state index in [1.807, 2.05) is 0 Å². The summed E-state index contributed by atoms with van der Waals surface area (Å²) in [6.07, 6.45) is 5.99. The summed E-state index contributed by atoms with van der Waals surface area (Å²) < 4.78 is 26.9. The largest absolute Gasteiger partial charge is 0.352 e. The molecule has 1 saturated heterocycles. The first-order chi connectivity index (χ1) is 13.1. The van der Waals surface area contributed by atoms with Gasteiger partial charge in [-0.05, 0) is 75.1 Å². The van der Waals surface area contributed by atoms with Crippen molar-refractivity contribution < 1.29 is 13.6 Å². The van der Waals surface area contributed by atoms with Crippen molar-refractivity contribution in [1.82, 2.24) is 10.2 Å². The van der Waals surface area contributed by atoms with E-state index < -0.39 is 11.6 Å². The van der Waals surface area contributed by atoms with Gasteiger partial charge in [0.05, 0.1) is 0 Å². The summed E-state index contributed by atoms with van der Waals surface area (Å²) >= 11 is 0. The lowest BCUT2D eigenvalue weighted by atomic mass is 10.0. The highest BCUT2D eigenvalue weighted by atomic mass is 19.1. The molecule has 0 aliphatic carbocycles. The van der Waals surface area contributed by atoms with E-state index in [-0.39, 0.29) is 5.91 Å². The van der Waals surface area contributed by atoms with Gasteiger partial charge in [-0.15, -0.1) is 0 Å². The first-order valence-electron chi connectivity index (χ1n) is 9.69. The first-order valence-corrected chi connectivity index (χ1v) is 9.69. The Kier molecular flexibility index (Phi) is 6.93. The van der Waals surface area contributed by atoms with Crippen molar-refractivity contribution in [3.63, 3.8) is 0 Å². The third-order valence-electron chi connectivity index (χ3n) is 5.02. The number of amides is 1. The lowest BCUT2D eigenvalue weighted by molar-refractivity contribution is 0.0952. The summed E-state index contributed by atoms with van der Waals surface area (Å²) in [6.45, 7) is 4.16. The number of hydrogen-bond acceptors (Lipinski definition) is 2. The quantitative estimate of drug-likeness (QED) is 0.719. The highest BCUT2D eigenvalue weighted by molar-refractivity contribution is 5.94. The second-order valence-corrected chi connectivity index (χ2v) is 7.07. The number of unbranched alkanes of at least 4 members (excludes halogenated alkanes) is 1. The van der Waals surface area contributed by atoms with Crippen molar-refractivity contribution in [2.75, 3.05) is 26.2 Å². The number of benzene rings is 2. The third-order valence-corrected chi connectivity index (χ3v) is 5.02. The van der Waals surface area contributed by atoms with E-state index in [4.69, 9.17) is 0 Å². The van der Waals surface area contributed by atoms with Crippen molar-refractivity contribution in [2.24, 2.45) is 0 Å². The molecule has 2 aromatic carbocycles. The summed E-state index contributed by atoms with van der Waals surface area (Å²) in [7, 11) is 0. The van der Waals surface area contributed by atoms with E-state index in [9.17, 15) is 13.6 Å². The zero-order chi connectivity index (χ0) is 19.1. The molecule has 1 N–H and O–H groups in total. The SMILES string of the molecule is O=C(NCCCCN1CCCCC1)c1ccc(-c2ccc(F)cc2F)cc1. The number of nitrogens with one attached hydrogen (secondary N) is 1. The minimum absolute atomic E-state index is 0.126. The molecule has 1 aliphatic rings. The molecular formula is C22H26F2N2O. The van der Waals surface area contributed by atoms with Crippen molar-refractivity contribution in [3.8, 4) is 11.1 Å². The van der Waals surface area contributed by atoms with Crippen LogP contribution in [0.3, 0.4) is 0 Å². The van der Waals surface area contributed by atoms with Gasteiger partial charge in [0.1, 0.15) is 11.6 Å². The Hall–Kier alpha value is -2.27. The molecule has 0 aromatic heterocycles. The zero-order valence-electron chi connectivity index (χ0n) is 15.5. The Morgan fingerprint density at radius 3 is 2.41 bits per heavy atom. The normalized spacial score (nSPS) is 14.9. The Morgan fingerprint density at radius 1 is 0.963 bits per heavy atom. The zero-order valence-corrected chi connectivity index (χ0v) is 15.5. The number of hydrogen-bond donors (Lipinski definition) is 1. The van der Waals surface area contributed by atoms with Crippen molar-refractivity contribution in [2.45, 2.75) is 32.1 Å². The Morgan fingerprint density at radius 2 is 1.70 bits per heavy atom. The second kappa shape index (κ2) is 9.60.